The molecule has 2 aliphatic heterocycles. The summed E-state index contributed by atoms with van der Waals surface area (Å²) in [5, 5.41) is 13.0. The molecule has 0 unspecified atom stereocenters. The van der Waals surface area contributed by atoms with Gasteiger partial charge in [-0.25, -0.2) is 19.4 Å². The molecular formula is C14H16N6O5S. The number of nitrogens with zero attached hydrogens (tertiary/aromatic N) is 6. The van der Waals surface area contributed by atoms with Gasteiger partial charge in [-0.2, -0.15) is 0 Å². The zero-order valence-electron chi connectivity index (χ0n) is 13.8. The maximum atomic E-state index is 11.3. The van der Waals surface area contributed by atoms with Crippen LogP contribution < -0.4 is 0 Å². The third-order valence-electron chi connectivity index (χ3n) is 4.13. The van der Waals surface area contributed by atoms with E-state index in [1.54, 1.807) is 23.1 Å². The molecule has 0 aromatic carbocycles. The van der Waals surface area contributed by atoms with Crippen molar-refractivity contribution in [1.29, 1.82) is 0 Å². The van der Waals surface area contributed by atoms with Crippen molar-refractivity contribution in [3.63, 3.8) is 0 Å². The molecule has 2 saturated heterocycles. The van der Waals surface area contributed by atoms with E-state index in [1.165, 1.54) is 18.9 Å². The number of rotatable bonds is 6. The van der Waals surface area contributed by atoms with Gasteiger partial charge in [-0.1, -0.05) is 0 Å². The van der Waals surface area contributed by atoms with E-state index in [4.69, 9.17) is 14.2 Å². The molecule has 0 spiro atoms. The average molecular weight is 380 g/mol. The Bertz CT molecular complexity index is 761. The number of carbonyl (C=O) groups is 1. The minimum absolute atomic E-state index is 0.140. The quantitative estimate of drug-likeness (QED) is 0.476. The van der Waals surface area contributed by atoms with Gasteiger partial charge in [0.25, 0.3) is 0 Å². The van der Waals surface area contributed by atoms with Gasteiger partial charge in [-0.05, 0) is 28.3 Å². The summed E-state index contributed by atoms with van der Waals surface area (Å²) in [5.74, 6) is -0.440. The Morgan fingerprint density at radius 3 is 2.92 bits per heavy atom. The second-order valence-corrected chi connectivity index (χ2v) is 6.56. The van der Waals surface area contributed by atoms with Crippen LogP contribution >= 0.6 is 11.8 Å². The normalized spacial score (nSPS) is 27.4. The summed E-state index contributed by atoms with van der Waals surface area (Å²) in [5.41, 5.74) is 0. The second kappa shape index (κ2) is 7.61. The van der Waals surface area contributed by atoms with Crippen LogP contribution in [0.2, 0.25) is 0 Å². The van der Waals surface area contributed by atoms with Gasteiger partial charge < -0.3 is 18.9 Å². The second-order valence-electron chi connectivity index (χ2n) is 5.63. The number of fused-ring (bicyclic) bond motifs is 1. The van der Waals surface area contributed by atoms with Crippen molar-refractivity contribution in [3.8, 4) is 0 Å². The lowest BCUT2D eigenvalue weighted by Gasteiger charge is -2.17. The van der Waals surface area contributed by atoms with Crippen LogP contribution in [0.5, 0.6) is 0 Å². The van der Waals surface area contributed by atoms with Crippen molar-refractivity contribution in [3.05, 3.63) is 18.5 Å². The van der Waals surface area contributed by atoms with Crippen molar-refractivity contribution in [2.45, 2.75) is 34.7 Å². The molecule has 0 bridgehead atoms. The number of hydrogen-bond acceptors (Lipinski definition) is 11. The fourth-order valence-electron chi connectivity index (χ4n) is 2.91. The number of carbonyl (C=O) groups excluding carboxylic acids is 1. The highest BCUT2D eigenvalue weighted by molar-refractivity contribution is 7.99. The van der Waals surface area contributed by atoms with Gasteiger partial charge in [0.2, 0.25) is 5.16 Å². The Morgan fingerprint density at radius 1 is 1.31 bits per heavy atom. The SMILES string of the molecule is COC(=O)CO[C@@H]1CO[C@H]2[C@@H]1OC[C@@H]2n1nnnc1Sc1ncccn1. The largest absolute Gasteiger partial charge is 0.467 e. The van der Waals surface area contributed by atoms with E-state index in [0.29, 0.717) is 23.5 Å². The molecular weight excluding hydrogens is 364 g/mol. The molecule has 2 aromatic rings. The molecule has 0 amide bonds. The van der Waals surface area contributed by atoms with Crippen LogP contribution in [0, 0.1) is 0 Å². The van der Waals surface area contributed by atoms with E-state index in [-0.39, 0.29) is 31.0 Å². The first-order valence-corrected chi connectivity index (χ1v) is 8.72. The monoisotopic (exact) mass is 380 g/mol. The van der Waals surface area contributed by atoms with E-state index >= 15 is 0 Å². The summed E-state index contributed by atoms with van der Waals surface area (Å²) in [6.45, 7) is 0.565. The van der Waals surface area contributed by atoms with Gasteiger partial charge in [-0.15, -0.1) is 5.10 Å². The Morgan fingerprint density at radius 2 is 2.12 bits per heavy atom. The first kappa shape index (κ1) is 17.3. The van der Waals surface area contributed by atoms with Crippen LogP contribution in [0.3, 0.4) is 0 Å². The molecule has 0 saturated carbocycles. The van der Waals surface area contributed by atoms with Gasteiger partial charge in [0.1, 0.15) is 31.0 Å². The fraction of sp³-hybridized carbons (Fsp3) is 0.571. The Balaban J connectivity index is 1.44. The highest BCUT2D eigenvalue weighted by Gasteiger charge is 2.50. The van der Waals surface area contributed by atoms with Crippen LogP contribution in [0.25, 0.3) is 0 Å². The summed E-state index contributed by atoms with van der Waals surface area (Å²) in [6, 6.07) is 1.54. The number of methoxy groups -OCH3 is 1. The molecule has 0 N–H and O–H groups in total. The fourth-order valence-corrected chi connectivity index (χ4v) is 3.64. The molecule has 0 radical (unpaired) electrons. The molecule has 12 heteroatoms. The highest BCUT2D eigenvalue weighted by Crippen LogP contribution is 2.37. The summed E-state index contributed by atoms with van der Waals surface area (Å²) in [6.07, 6.45) is 2.41. The summed E-state index contributed by atoms with van der Waals surface area (Å²) < 4.78 is 23.5. The van der Waals surface area contributed by atoms with E-state index < -0.39 is 5.97 Å². The molecule has 26 heavy (non-hydrogen) atoms. The number of hydrogen-bond donors (Lipinski definition) is 0. The number of ether oxygens (including phenoxy) is 4. The highest BCUT2D eigenvalue weighted by atomic mass is 32.2. The van der Waals surface area contributed by atoms with E-state index in [1.807, 2.05) is 0 Å². The summed E-state index contributed by atoms with van der Waals surface area (Å²) in [4.78, 5) is 19.6. The molecule has 4 rings (SSSR count). The van der Waals surface area contributed by atoms with Crippen molar-refractivity contribution in [1.82, 2.24) is 30.2 Å². The van der Waals surface area contributed by atoms with E-state index in [2.05, 4.69) is 30.2 Å². The first-order chi connectivity index (χ1) is 12.8. The zero-order valence-corrected chi connectivity index (χ0v) is 14.6. The van der Waals surface area contributed by atoms with Crippen LogP contribution in [0.1, 0.15) is 6.04 Å². The minimum atomic E-state index is -0.440. The number of esters is 1. The summed E-state index contributed by atoms with van der Waals surface area (Å²) >= 11 is 1.26. The zero-order chi connectivity index (χ0) is 17.9. The van der Waals surface area contributed by atoms with Gasteiger partial charge in [0.05, 0.1) is 20.3 Å². The standard InChI is InChI=1S/C14H16N6O5S/c1-22-10(21)7-23-9-6-25-11-8(5-24-12(9)11)20-14(17-18-19-20)26-13-15-3-2-4-16-13/h2-4,8-9,11-12H,5-7H2,1H3/t8-,9+,11+,12+/m0/s1. The molecule has 0 aliphatic carbocycles. The molecule has 2 fully saturated rings. The maximum absolute atomic E-state index is 11.3. The summed E-state index contributed by atoms with van der Waals surface area (Å²) in [7, 11) is 1.31. The van der Waals surface area contributed by atoms with Crippen molar-refractivity contribution >= 4 is 17.7 Å². The van der Waals surface area contributed by atoms with Crippen LogP contribution in [0.15, 0.2) is 28.8 Å². The van der Waals surface area contributed by atoms with Crippen LogP contribution in [0.4, 0.5) is 0 Å². The van der Waals surface area contributed by atoms with Crippen molar-refractivity contribution < 1.29 is 23.7 Å². The van der Waals surface area contributed by atoms with Crippen molar-refractivity contribution in [2.24, 2.45) is 0 Å². The van der Waals surface area contributed by atoms with Gasteiger partial charge in [-0.3, -0.25) is 0 Å². The first-order valence-electron chi connectivity index (χ1n) is 7.90. The smallest absolute Gasteiger partial charge is 0.331 e. The molecule has 2 aliphatic rings. The minimum Gasteiger partial charge on any atom is -0.467 e. The predicted molar refractivity (Wildman–Crippen MR) is 84.2 cm³/mol. The molecule has 4 atom stereocenters. The van der Waals surface area contributed by atoms with Crippen LogP contribution in [-0.4, -0.2) is 81.4 Å². The molecule has 2 aromatic heterocycles. The topological polar surface area (TPSA) is 123 Å². The Kier molecular flexibility index (Phi) is 5.06. The van der Waals surface area contributed by atoms with E-state index in [0.717, 1.165) is 0 Å². The van der Waals surface area contributed by atoms with Gasteiger partial charge >= 0.3 is 5.97 Å². The molecule has 4 heterocycles. The van der Waals surface area contributed by atoms with Gasteiger partial charge in [0, 0.05) is 12.4 Å². The lowest BCUT2D eigenvalue weighted by atomic mass is 10.1. The van der Waals surface area contributed by atoms with Gasteiger partial charge in [0.15, 0.2) is 5.16 Å². The third-order valence-corrected chi connectivity index (χ3v) is 4.97. The number of tetrazole rings is 1. The third kappa shape index (κ3) is 3.40. The Labute approximate surface area is 152 Å². The van der Waals surface area contributed by atoms with Crippen LogP contribution in [-0.2, 0) is 23.7 Å². The lowest BCUT2D eigenvalue weighted by molar-refractivity contribution is -0.150. The molecule has 11 nitrogen and oxygen atoms in total. The number of aromatic nitrogens is 6. The Hall–Kier alpha value is -2.15. The van der Waals surface area contributed by atoms with Crippen molar-refractivity contribution in [2.75, 3.05) is 26.9 Å². The maximum Gasteiger partial charge on any atom is 0.331 e. The average Bonchev–Trinajstić information content (AvgIpc) is 3.37. The molecule has 138 valence electrons. The van der Waals surface area contributed by atoms with E-state index in [9.17, 15) is 4.79 Å². The predicted octanol–water partition coefficient (Wildman–Crippen LogP) is -0.489. The lowest BCUT2D eigenvalue weighted by Crippen LogP contribution is -2.33.